The lowest BCUT2D eigenvalue weighted by Crippen LogP contribution is -2.13. The van der Waals surface area contributed by atoms with E-state index in [9.17, 15) is 18.5 Å². The zero-order chi connectivity index (χ0) is 17.3. The van der Waals surface area contributed by atoms with E-state index in [1.54, 1.807) is 12.1 Å². The Balaban J connectivity index is 1.98. The minimum absolute atomic E-state index is 0.0337. The summed E-state index contributed by atoms with van der Waals surface area (Å²) in [6, 6.07) is 15.9. The molecule has 0 aliphatic carbocycles. The first-order valence-corrected chi connectivity index (χ1v) is 8.41. The largest absolute Gasteiger partial charge is 0.393 e. The number of rotatable bonds is 4. The molecule has 24 heavy (non-hydrogen) atoms. The smallest absolute Gasteiger partial charge is 0.294 e. The maximum Gasteiger partial charge on any atom is 0.294 e. The molecule has 0 radical (unpaired) electrons. The first kappa shape index (κ1) is 15.8. The second-order valence-corrected chi connectivity index (χ2v) is 6.83. The Morgan fingerprint density at radius 1 is 0.958 bits per heavy atom. The lowest BCUT2D eigenvalue weighted by atomic mass is 10.1. The van der Waals surface area contributed by atoms with Crippen LogP contribution in [0, 0.1) is 10.1 Å². The van der Waals surface area contributed by atoms with Gasteiger partial charge >= 0.3 is 0 Å². The number of nitrogens with zero attached hydrogens (tertiary/aromatic N) is 1. The summed E-state index contributed by atoms with van der Waals surface area (Å²) in [5.74, 6) is 0. The topological polar surface area (TPSA) is 115 Å². The number of hydrogen-bond donors (Lipinski definition) is 2. The molecule has 3 N–H and O–H groups in total. The molecule has 3 aromatic carbocycles. The van der Waals surface area contributed by atoms with Crippen molar-refractivity contribution in [2.75, 3.05) is 10.5 Å². The molecule has 3 aromatic rings. The molecule has 0 unspecified atom stereocenters. The second-order valence-electron chi connectivity index (χ2n) is 5.15. The van der Waals surface area contributed by atoms with Gasteiger partial charge in [0.1, 0.15) is 5.69 Å². The lowest BCUT2D eigenvalue weighted by molar-refractivity contribution is -0.383. The Kier molecular flexibility index (Phi) is 3.82. The van der Waals surface area contributed by atoms with Crippen molar-refractivity contribution in [2.24, 2.45) is 0 Å². The number of nitro groups is 1. The molecule has 3 rings (SSSR count). The van der Waals surface area contributed by atoms with Gasteiger partial charge in [0.15, 0.2) is 0 Å². The Bertz CT molecular complexity index is 1050. The van der Waals surface area contributed by atoms with Gasteiger partial charge in [-0.05, 0) is 35.0 Å². The number of nitrogens with two attached hydrogens (primary N) is 1. The quantitative estimate of drug-likeness (QED) is 0.429. The predicted molar refractivity (Wildman–Crippen MR) is 92.3 cm³/mol. The highest BCUT2D eigenvalue weighted by atomic mass is 32.2. The number of hydrogen-bond acceptors (Lipinski definition) is 5. The predicted octanol–water partition coefficient (Wildman–Crippen LogP) is 3.13. The summed E-state index contributed by atoms with van der Waals surface area (Å²) in [5.41, 5.74) is 5.20. The van der Waals surface area contributed by atoms with E-state index in [1.165, 1.54) is 18.2 Å². The van der Waals surface area contributed by atoms with Crippen LogP contribution in [0.5, 0.6) is 0 Å². The van der Waals surface area contributed by atoms with Gasteiger partial charge in [-0.2, -0.15) is 0 Å². The van der Waals surface area contributed by atoms with Crippen LogP contribution in [-0.4, -0.2) is 13.3 Å². The maximum atomic E-state index is 12.5. The van der Waals surface area contributed by atoms with E-state index in [0.717, 1.165) is 16.8 Å². The van der Waals surface area contributed by atoms with Gasteiger partial charge in [-0.15, -0.1) is 0 Å². The van der Waals surface area contributed by atoms with Gasteiger partial charge in [-0.25, -0.2) is 8.42 Å². The van der Waals surface area contributed by atoms with Crippen molar-refractivity contribution in [3.63, 3.8) is 0 Å². The second kappa shape index (κ2) is 5.82. The van der Waals surface area contributed by atoms with E-state index in [4.69, 9.17) is 5.73 Å². The van der Waals surface area contributed by atoms with Gasteiger partial charge < -0.3 is 5.73 Å². The van der Waals surface area contributed by atoms with E-state index in [1.807, 2.05) is 24.3 Å². The van der Waals surface area contributed by atoms with Crippen molar-refractivity contribution in [3.05, 3.63) is 70.8 Å². The van der Waals surface area contributed by atoms with Crippen molar-refractivity contribution in [3.8, 4) is 0 Å². The minimum Gasteiger partial charge on any atom is -0.393 e. The van der Waals surface area contributed by atoms with Crippen LogP contribution in [0.25, 0.3) is 10.8 Å². The Hall–Kier alpha value is -3.13. The van der Waals surface area contributed by atoms with Crippen LogP contribution < -0.4 is 10.5 Å². The van der Waals surface area contributed by atoms with Gasteiger partial charge in [0.2, 0.25) is 0 Å². The van der Waals surface area contributed by atoms with Crippen LogP contribution in [0.15, 0.2) is 65.6 Å². The fraction of sp³-hybridized carbons (Fsp3) is 0. The Morgan fingerprint density at radius 2 is 1.67 bits per heavy atom. The molecule has 7 nitrogen and oxygen atoms in total. The third kappa shape index (κ3) is 2.99. The maximum absolute atomic E-state index is 12.5. The van der Waals surface area contributed by atoms with Crippen LogP contribution in [-0.2, 0) is 10.0 Å². The highest BCUT2D eigenvalue weighted by Gasteiger charge is 2.18. The normalized spacial score (nSPS) is 11.3. The summed E-state index contributed by atoms with van der Waals surface area (Å²) in [5, 5.41) is 12.6. The molecule has 0 bridgehead atoms. The average molecular weight is 343 g/mol. The van der Waals surface area contributed by atoms with Gasteiger partial charge in [-0.1, -0.05) is 30.3 Å². The Labute approximate surface area is 137 Å². The van der Waals surface area contributed by atoms with E-state index in [-0.39, 0.29) is 22.0 Å². The third-order valence-electron chi connectivity index (χ3n) is 3.51. The van der Waals surface area contributed by atoms with Gasteiger partial charge in [0, 0.05) is 6.07 Å². The monoisotopic (exact) mass is 343 g/mol. The number of benzene rings is 3. The summed E-state index contributed by atoms with van der Waals surface area (Å²) < 4.78 is 27.3. The van der Waals surface area contributed by atoms with Crippen LogP contribution in [0.2, 0.25) is 0 Å². The van der Waals surface area contributed by atoms with Gasteiger partial charge in [0.25, 0.3) is 15.7 Å². The first-order valence-electron chi connectivity index (χ1n) is 6.92. The van der Waals surface area contributed by atoms with Crippen LogP contribution in [0.1, 0.15) is 0 Å². The van der Waals surface area contributed by atoms with Crippen molar-refractivity contribution < 1.29 is 13.3 Å². The minimum atomic E-state index is -3.87. The zero-order valence-electron chi connectivity index (χ0n) is 12.3. The number of anilines is 2. The number of nitro benzene ring substituents is 1. The average Bonchev–Trinajstić information content (AvgIpc) is 2.55. The molecular weight excluding hydrogens is 330 g/mol. The molecule has 8 heteroatoms. The molecule has 0 heterocycles. The van der Waals surface area contributed by atoms with Crippen molar-refractivity contribution in [1.29, 1.82) is 0 Å². The third-order valence-corrected chi connectivity index (χ3v) is 4.89. The molecule has 0 amide bonds. The fourth-order valence-electron chi connectivity index (χ4n) is 2.31. The van der Waals surface area contributed by atoms with Gasteiger partial charge in [-0.3, -0.25) is 14.8 Å². The zero-order valence-corrected chi connectivity index (χ0v) is 13.2. The molecule has 0 spiro atoms. The highest BCUT2D eigenvalue weighted by molar-refractivity contribution is 7.92. The molecule has 0 fully saturated rings. The van der Waals surface area contributed by atoms with Crippen molar-refractivity contribution >= 4 is 37.9 Å². The van der Waals surface area contributed by atoms with Crippen LogP contribution >= 0.6 is 0 Å². The molecule has 0 aromatic heterocycles. The Morgan fingerprint density at radius 3 is 2.38 bits per heavy atom. The van der Waals surface area contributed by atoms with E-state index in [2.05, 4.69) is 4.72 Å². The summed E-state index contributed by atoms with van der Waals surface area (Å²) in [6.07, 6.45) is 0. The SMILES string of the molecule is Nc1ccc(NS(=O)(=O)c2ccc3ccccc3c2)cc1[N+](=O)[O-]. The van der Waals surface area contributed by atoms with Gasteiger partial charge in [0.05, 0.1) is 15.5 Å². The van der Waals surface area contributed by atoms with Crippen LogP contribution in [0.4, 0.5) is 17.1 Å². The number of fused-ring (bicyclic) bond motifs is 1. The molecule has 122 valence electrons. The highest BCUT2D eigenvalue weighted by Crippen LogP contribution is 2.27. The molecule has 0 aliphatic rings. The summed E-state index contributed by atoms with van der Waals surface area (Å²) in [7, 11) is -3.87. The molecule has 0 saturated carbocycles. The number of sulfonamides is 1. The summed E-state index contributed by atoms with van der Waals surface area (Å²) >= 11 is 0. The van der Waals surface area contributed by atoms with E-state index < -0.39 is 14.9 Å². The summed E-state index contributed by atoms with van der Waals surface area (Å²) in [4.78, 5) is 10.3. The molecule has 0 atom stereocenters. The van der Waals surface area contributed by atoms with Crippen molar-refractivity contribution in [1.82, 2.24) is 0 Å². The van der Waals surface area contributed by atoms with E-state index in [0.29, 0.717) is 0 Å². The number of nitrogens with one attached hydrogen (secondary N) is 1. The number of nitrogen functional groups attached to an aromatic ring is 1. The molecule has 0 saturated heterocycles. The standard InChI is InChI=1S/C16H13N3O4S/c17-15-8-6-13(10-16(15)19(20)21)18-24(22,23)14-7-5-11-3-1-2-4-12(11)9-14/h1-10,18H,17H2. The van der Waals surface area contributed by atoms with Crippen molar-refractivity contribution in [2.45, 2.75) is 4.90 Å². The molecular formula is C16H13N3O4S. The summed E-state index contributed by atoms with van der Waals surface area (Å²) in [6.45, 7) is 0. The first-order chi connectivity index (χ1) is 11.4. The van der Waals surface area contributed by atoms with Crippen LogP contribution in [0.3, 0.4) is 0 Å². The lowest BCUT2D eigenvalue weighted by Gasteiger charge is -2.09. The molecule has 0 aliphatic heterocycles. The fourth-order valence-corrected chi connectivity index (χ4v) is 3.40. The van der Waals surface area contributed by atoms with E-state index >= 15 is 0 Å².